The van der Waals surface area contributed by atoms with Gasteiger partial charge < -0.3 is 0 Å². The summed E-state index contributed by atoms with van der Waals surface area (Å²) in [6.45, 7) is 8.75. The molecule has 1 aromatic carbocycles. The molecule has 0 bridgehead atoms. The fraction of sp³-hybridized carbons (Fsp3) is 0.312. The predicted molar refractivity (Wildman–Crippen MR) is 71.4 cm³/mol. The van der Waals surface area contributed by atoms with Crippen LogP contribution in [-0.4, -0.2) is 4.98 Å². The van der Waals surface area contributed by atoms with Crippen LogP contribution in [0.4, 0.5) is 0 Å². The fourth-order valence-corrected chi connectivity index (χ4v) is 2.77. The first kappa shape index (κ1) is 10.5. The standard InChI is InChI=1S/C16H17N/c1-9-5-13-7-14-12(4)11(3)10(2)6-15(14)16(13)17-8-9/h5-6,8H,7H2,1-4H3. The molecular formula is C16H17N. The second kappa shape index (κ2) is 3.43. The largest absolute Gasteiger partial charge is 0.256 e. The Morgan fingerprint density at radius 1 is 1.00 bits per heavy atom. The minimum Gasteiger partial charge on any atom is -0.256 e. The van der Waals surface area contributed by atoms with Gasteiger partial charge in [-0.2, -0.15) is 0 Å². The van der Waals surface area contributed by atoms with E-state index in [2.05, 4.69) is 44.8 Å². The van der Waals surface area contributed by atoms with E-state index in [0.717, 1.165) is 6.42 Å². The first-order valence-corrected chi connectivity index (χ1v) is 6.13. The van der Waals surface area contributed by atoms with Crippen LogP contribution in [0.3, 0.4) is 0 Å². The van der Waals surface area contributed by atoms with Gasteiger partial charge in [-0.25, -0.2) is 0 Å². The Hall–Kier alpha value is -1.63. The van der Waals surface area contributed by atoms with E-state index in [1.807, 2.05) is 6.20 Å². The molecule has 0 radical (unpaired) electrons. The zero-order chi connectivity index (χ0) is 12.2. The van der Waals surface area contributed by atoms with E-state index in [1.165, 1.54) is 44.6 Å². The van der Waals surface area contributed by atoms with Crippen LogP contribution >= 0.6 is 0 Å². The number of aryl methyl sites for hydroxylation is 2. The second-order valence-corrected chi connectivity index (χ2v) is 5.17. The molecule has 17 heavy (non-hydrogen) atoms. The van der Waals surface area contributed by atoms with E-state index in [4.69, 9.17) is 0 Å². The highest BCUT2D eigenvalue weighted by molar-refractivity contribution is 5.76. The third kappa shape index (κ3) is 1.42. The second-order valence-electron chi connectivity index (χ2n) is 5.17. The van der Waals surface area contributed by atoms with Crippen LogP contribution < -0.4 is 0 Å². The van der Waals surface area contributed by atoms with Gasteiger partial charge in [0.05, 0.1) is 5.69 Å². The third-order valence-corrected chi connectivity index (χ3v) is 4.02. The Morgan fingerprint density at radius 3 is 2.53 bits per heavy atom. The maximum atomic E-state index is 4.61. The minimum absolute atomic E-state index is 1.05. The van der Waals surface area contributed by atoms with E-state index in [-0.39, 0.29) is 0 Å². The van der Waals surface area contributed by atoms with Crippen molar-refractivity contribution >= 4 is 0 Å². The van der Waals surface area contributed by atoms with Crippen molar-refractivity contribution < 1.29 is 0 Å². The quantitative estimate of drug-likeness (QED) is 0.563. The van der Waals surface area contributed by atoms with Gasteiger partial charge in [-0.05, 0) is 67.1 Å². The molecule has 0 fully saturated rings. The summed E-state index contributed by atoms with van der Waals surface area (Å²) in [5.74, 6) is 0. The SMILES string of the molecule is Cc1cnc2c(c1)Cc1c-2cc(C)c(C)c1C. The van der Waals surface area contributed by atoms with E-state index in [1.54, 1.807) is 0 Å². The summed E-state index contributed by atoms with van der Waals surface area (Å²) in [7, 11) is 0. The highest BCUT2D eigenvalue weighted by Crippen LogP contribution is 2.39. The van der Waals surface area contributed by atoms with Crippen molar-refractivity contribution in [3.63, 3.8) is 0 Å². The molecule has 0 saturated carbocycles. The molecule has 1 aromatic heterocycles. The molecule has 1 heteroatoms. The molecule has 0 unspecified atom stereocenters. The molecule has 1 aliphatic carbocycles. The molecular weight excluding hydrogens is 206 g/mol. The minimum atomic E-state index is 1.05. The lowest BCUT2D eigenvalue weighted by Crippen LogP contribution is -1.93. The van der Waals surface area contributed by atoms with Gasteiger partial charge in [-0.15, -0.1) is 0 Å². The number of pyridine rings is 1. The van der Waals surface area contributed by atoms with Gasteiger partial charge in [0.25, 0.3) is 0 Å². The van der Waals surface area contributed by atoms with E-state index in [0.29, 0.717) is 0 Å². The Morgan fingerprint density at radius 2 is 1.76 bits per heavy atom. The average molecular weight is 223 g/mol. The molecule has 0 N–H and O–H groups in total. The Kier molecular flexibility index (Phi) is 2.12. The normalized spacial score (nSPS) is 12.5. The predicted octanol–water partition coefficient (Wildman–Crippen LogP) is 3.89. The van der Waals surface area contributed by atoms with Crippen LogP contribution in [0.5, 0.6) is 0 Å². The molecule has 0 spiro atoms. The number of hydrogen-bond acceptors (Lipinski definition) is 1. The fourth-order valence-electron chi connectivity index (χ4n) is 2.77. The molecule has 1 heterocycles. The summed E-state index contributed by atoms with van der Waals surface area (Å²) in [6.07, 6.45) is 3.02. The van der Waals surface area contributed by atoms with Crippen molar-refractivity contribution in [3.05, 3.63) is 51.7 Å². The Bertz CT molecular complexity index is 624. The summed E-state index contributed by atoms with van der Waals surface area (Å²) in [5.41, 5.74) is 10.9. The first-order valence-electron chi connectivity index (χ1n) is 6.13. The maximum absolute atomic E-state index is 4.61. The van der Waals surface area contributed by atoms with Crippen molar-refractivity contribution in [2.75, 3.05) is 0 Å². The summed E-state index contributed by atoms with van der Waals surface area (Å²) in [5, 5.41) is 0. The van der Waals surface area contributed by atoms with E-state index < -0.39 is 0 Å². The van der Waals surface area contributed by atoms with Crippen molar-refractivity contribution in [3.8, 4) is 11.3 Å². The van der Waals surface area contributed by atoms with Crippen LogP contribution in [0.1, 0.15) is 33.4 Å². The molecule has 1 aliphatic rings. The lowest BCUT2D eigenvalue weighted by Gasteiger charge is -2.10. The average Bonchev–Trinajstić information content (AvgIpc) is 2.64. The van der Waals surface area contributed by atoms with Crippen LogP contribution in [0.2, 0.25) is 0 Å². The molecule has 0 aliphatic heterocycles. The van der Waals surface area contributed by atoms with Crippen molar-refractivity contribution in [1.82, 2.24) is 4.98 Å². The Labute approximate surface area is 103 Å². The highest BCUT2D eigenvalue weighted by atomic mass is 14.7. The number of nitrogens with zero attached hydrogens (tertiary/aromatic N) is 1. The topological polar surface area (TPSA) is 12.9 Å². The number of fused-ring (bicyclic) bond motifs is 3. The maximum Gasteiger partial charge on any atom is 0.0740 e. The lowest BCUT2D eigenvalue weighted by atomic mass is 9.95. The zero-order valence-electron chi connectivity index (χ0n) is 10.9. The third-order valence-electron chi connectivity index (χ3n) is 4.02. The molecule has 0 saturated heterocycles. The van der Waals surface area contributed by atoms with Gasteiger partial charge in [0.15, 0.2) is 0 Å². The summed E-state index contributed by atoms with van der Waals surface area (Å²) in [6, 6.07) is 4.57. The van der Waals surface area contributed by atoms with Gasteiger partial charge in [0.2, 0.25) is 0 Å². The summed E-state index contributed by atoms with van der Waals surface area (Å²) < 4.78 is 0. The monoisotopic (exact) mass is 223 g/mol. The number of benzene rings is 1. The van der Waals surface area contributed by atoms with Gasteiger partial charge in [-0.1, -0.05) is 6.07 Å². The van der Waals surface area contributed by atoms with Crippen molar-refractivity contribution in [2.45, 2.75) is 34.1 Å². The molecule has 3 rings (SSSR count). The van der Waals surface area contributed by atoms with Crippen LogP contribution in [-0.2, 0) is 6.42 Å². The van der Waals surface area contributed by atoms with Crippen LogP contribution in [0.25, 0.3) is 11.3 Å². The molecule has 1 nitrogen and oxygen atoms in total. The number of aromatic nitrogens is 1. The van der Waals surface area contributed by atoms with E-state index in [9.17, 15) is 0 Å². The van der Waals surface area contributed by atoms with E-state index >= 15 is 0 Å². The number of hydrogen-bond donors (Lipinski definition) is 0. The van der Waals surface area contributed by atoms with Gasteiger partial charge >= 0.3 is 0 Å². The van der Waals surface area contributed by atoms with Crippen molar-refractivity contribution in [2.24, 2.45) is 0 Å². The smallest absolute Gasteiger partial charge is 0.0740 e. The van der Waals surface area contributed by atoms with Gasteiger partial charge in [-0.3, -0.25) is 4.98 Å². The molecule has 86 valence electrons. The Balaban J connectivity index is 2.30. The first-order chi connectivity index (χ1) is 8.08. The van der Waals surface area contributed by atoms with Crippen LogP contribution in [0, 0.1) is 27.7 Å². The highest BCUT2D eigenvalue weighted by Gasteiger charge is 2.22. The lowest BCUT2D eigenvalue weighted by molar-refractivity contribution is 1.16. The van der Waals surface area contributed by atoms with Crippen molar-refractivity contribution in [1.29, 1.82) is 0 Å². The molecule has 0 atom stereocenters. The van der Waals surface area contributed by atoms with Gasteiger partial charge in [0.1, 0.15) is 0 Å². The van der Waals surface area contributed by atoms with Gasteiger partial charge in [0, 0.05) is 18.2 Å². The zero-order valence-corrected chi connectivity index (χ0v) is 10.9. The number of rotatable bonds is 0. The van der Waals surface area contributed by atoms with Crippen LogP contribution in [0.15, 0.2) is 18.3 Å². The molecule has 0 amide bonds. The summed E-state index contributed by atoms with van der Waals surface area (Å²) in [4.78, 5) is 4.61. The summed E-state index contributed by atoms with van der Waals surface area (Å²) >= 11 is 0. The molecule has 2 aromatic rings.